The van der Waals surface area contributed by atoms with E-state index >= 15 is 0 Å². The Balaban J connectivity index is 2.07. The number of benzene rings is 1. The molecule has 0 spiro atoms. The number of hydrogen-bond donors (Lipinski definition) is 2. The molecule has 18 heavy (non-hydrogen) atoms. The van der Waals surface area contributed by atoms with Crippen LogP contribution in [0, 0.1) is 11.3 Å². The van der Waals surface area contributed by atoms with E-state index in [1.807, 2.05) is 12.1 Å². The Kier molecular flexibility index (Phi) is 3.60. The molecule has 0 bridgehead atoms. The molecule has 0 aliphatic heterocycles. The average Bonchev–Trinajstić information content (AvgIpc) is 2.85. The number of nitrogens with zero attached hydrogens (tertiary/aromatic N) is 1. The molecule has 1 aromatic carbocycles. The summed E-state index contributed by atoms with van der Waals surface area (Å²) in [6.07, 6.45) is 0. The molecule has 0 aliphatic carbocycles. The fraction of sp³-hybridized carbons (Fsp3) is 0.0769. The van der Waals surface area contributed by atoms with Crippen LogP contribution in [0.25, 0.3) is 0 Å². The molecule has 0 atom stereocenters. The van der Waals surface area contributed by atoms with Crippen molar-refractivity contribution in [2.24, 2.45) is 0 Å². The van der Waals surface area contributed by atoms with Crippen LogP contribution in [0.5, 0.6) is 0 Å². The van der Waals surface area contributed by atoms with Crippen molar-refractivity contribution in [1.82, 2.24) is 0 Å². The Bertz CT molecular complexity index is 613. The Hall–Kier alpha value is -2.32. The smallest absolute Gasteiger partial charge is 0.345 e. The van der Waals surface area contributed by atoms with Crippen molar-refractivity contribution in [2.45, 2.75) is 6.54 Å². The molecule has 0 aliphatic rings. The second-order valence-corrected chi connectivity index (χ2v) is 4.75. The molecule has 0 fully saturated rings. The minimum atomic E-state index is -0.913. The largest absolute Gasteiger partial charge is 0.477 e. The normalized spacial score (nSPS) is 9.72. The van der Waals surface area contributed by atoms with Gasteiger partial charge in [0.15, 0.2) is 0 Å². The number of carboxylic acids is 1. The number of nitriles is 1. The van der Waals surface area contributed by atoms with E-state index in [0.29, 0.717) is 17.0 Å². The molecule has 0 unspecified atom stereocenters. The first-order valence-electron chi connectivity index (χ1n) is 5.25. The van der Waals surface area contributed by atoms with Crippen LogP contribution in [-0.2, 0) is 6.54 Å². The molecule has 2 aromatic rings. The van der Waals surface area contributed by atoms with Gasteiger partial charge in [-0.05, 0) is 24.3 Å². The van der Waals surface area contributed by atoms with Gasteiger partial charge in [-0.1, -0.05) is 12.1 Å². The maximum absolute atomic E-state index is 10.7. The van der Waals surface area contributed by atoms with Crippen molar-refractivity contribution in [1.29, 1.82) is 5.26 Å². The highest BCUT2D eigenvalue weighted by molar-refractivity contribution is 7.13. The van der Waals surface area contributed by atoms with Gasteiger partial charge >= 0.3 is 5.97 Å². The number of thiophene rings is 1. The van der Waals surface area contributed by atoms with Gasteiger partial charge < -0.3 is 10.4 Å². The molecule has 2 rings (SSSR count). The average molecular weight is 258 g/mol. The van der Waals surface area contributed by atoms with Crippen LogP contribution in [0.3, 0.4) is 0 Å². The van der Waals surface area contributed by atoms with Gasteiger partial charge in [0.25, 0.3) is 0 Å². The third-order valence-corrected chi connectivity index (χ3v) is 3.45. The molecular formula is C13H10N2O2S. The molecule has 0 radical (unpaired) electrons. The Morgan fingerprint density at radius 2 is 2.11 bits per heavy atom. The molecule has 1 aromatic heterocycles. The predicted molar refractivity (Wildman–Crippen MR) is 69.8 cm³/mol. The van der Waals surface area contributed by atoms with Crippen LogP contribution in [0.1, 0.15) is 20.1 Å². The van der Waals surface area contributed by atoms with Crippen molar-refractivity contribution in [2.75, 3.05) is 5.32 Å². The summed E-state index contributed by atoms with van der Waals surface area (Å²) in [4.78, 5) is 12.0. The van der Waals surface area contributed by atoms with Gasteiger partial charge in [-0.3, -0.25) is 0 Å². The van der Waals surface area contributed by atoms with Gasteiger partial charge in [0.05, 0.1) is 11.3 Å². The second-order valence-electron chi connectivity index (χ2n) is 3.58. The van der Waals surface area contributed by atoms with Crippen molar-refractivity contribution in [3.63, 3.8) is 0 Å². The lowest BCUT2D eigenvalue weighted by atomic mass is 10.2. The molecule has 5 heteroatoms. The van der Waals surface area contributed by atoms with E-state index in [1.54, 1.807) is 24.3 Å². The molecule has 90 valence electrons. The monoisotopic (exact) mass is 258 g/mol. The zero-order valence-electron chi connectivity index (χ0n) is 9.38. The van der Waals surface area contributed by atoms with Crippen LogP contribution in [0.2, 0.25) is 0 Å². The fourth-order valence-electron chi connectivity index (χ4n) is 1.50. The van der Waals surface area contributed by atoms with Gasteiger partial charge in [0.1, 0.15) is 10.9 Å². The first-order chi connectivity index (χ1) is 8.70. The second kappa shape index (κ2) is 5.34. The van der Waals surface area contributed by atoms with Crippen LogP contribution in [-0.4, -0.2) is 11.1 Å². The highest BCUT2D eigenvalue weighted by atomic mass is 32.1. The standard InChI is InChI=1S/C13H10N2O2S/c14-7-9-3-1-2-4-11(9)15-8-10-5-6-12(18-10)13(16)17/h1-6,15H,8H2,(H,16,17). The van der Waals surface area contributed by atoms with Gasteiger partial charge in [-0.15, -0.1) is 11.3 Å². The van der Waals surface area contributed by atoms with Gasteiger partial charge in [-0.2, -0.15) is 5.26 Å². The van der Waals surface area contributed by atoms with Crippen molar-refractivity contribution in [3.8, 4) is 6.07 Å². The van der Waals surface area contributed by atoms with Crippen molar-refractivity contribution < 1.29 is 9.90 Å². The quantitative estimate of drug-likeness (QED) is 0.884. The molecule has 4 nitrogen and oxygen atoms in total. The van der Waals surface area contributed by atoms with Gasteiger partial charge in [0.2, 0.25) is 0 Å². The third-order valence-electron chi connectivity index (χ3n) is 2.37. The number of hydrogen-bond acceptors (Lipinski definition) is 4. The Morgan fingerprint density at radius 3 is 2.78 bits per heavy atom. The Morgan fingerprint density at radius 1 is 1.33 bits per heavy atom. The number of nitrogens with one attached hydrogen (secondary N) is 1. The van der Waals surface area contributed by atoms with Crippen LogP contribution in [0.15, 0.2) is 36.4 Å². The van der Waals surface area contributed by atoms with E-state index < -0.39 is 5.97 Å². The Labute approximate surface area is 108 Å². The highest BCUT2D eigenvalue weighted by Crippen LogP contribution is 2.19. The summed E-state index contributed by atoms with van der Waals surface area (Å²) < 4.78 is 0. The number of para-hydroxylation sites is 1. The van der Waals surface area contributed by atoms with E-state index in [-0.39, 0.29) is 0 Å². The minimum absolute atomic E-state index is 0.320. The lowest BCUT2D eigenvalue weighted by Crippen LogP contribution is -1.99. The molecule has 2 N–H and O–H groups in total. The maximum atomic E-state index is 10.7. The zero-order valence-corrected chi connectivity index (χ0v) is 10.2. The summed E-state index contributed by atoms with van der Waals surface area (Å²) in [5.74, 6) is -0.913. The summed E-state index contributed by atoms with van der Waals surface area (Å²) in [6.45, 7) is 0.511. The lowest BCUT2D eigenvalue weighted by molar-refractivity contribution is 0.0702. The first kappa shape index (κ1) is 12.1. The SMILES string of the molecule is N#Cc1ccccc1NCc1ccc(C(=O)O)s1. The van der Waals surface area contributed by atoms with E-state index in [1.165, 1.54) is 11.3 Å². The number of aromatic carboxylic acids is 1. The fourth-order valence-corrected chi connectivity index (χ4v) is 2.29. The van der Waals surface area contributed by atoms with E-state index in [9.17, 15) is 4.79 Å². The molecule has 1 heterocycles. The van der Waals surface area contributed by atoms with Gasteiger partial charge in [-0.25, -0.2) is 4.79 Å². The van der Waals surface area contributed by atoms with Crippen LogP contribution >= 0.6 is 11.3 Å². The topological polar surface area (TPSA) is 73.1 Å². The van der Waals surface area contributed by atoms with Crippen LogP contribution < -0.4 is 5.32 Å². The van der Waals surface area contributed by atoms with E-state index in [0.717, 1.165) is 10.6 Å². The zero-order chi connectivity index (χ0) is 13.0. The minimum Gasteiger partial charge on any atom is -0.477 e. The van der Waals surface area contributed by atoms with Crippen LogP contribution in [0.4, 0.5) is 5.69 Å². The molecule has 0 saturated carbocycles. The molecule has 0 saturated heterocycles. The summed E-state index contributed by atoms with van der Waals surface area (Å²) in [7, 11) is 0. The van der Waals surface area contributed by atoms with Gasteiger partial charge in [0, 0.05) is 11.4 Å². The summed E-state index contributed by atoms with van der Waals surface area (Å²) in [5, 5.41) is 20.9. The third kappa shape index (κ3) is 2.67. The summed E-state index contributed by atoms with van der Waals surface area (Å²) in [6, 6.07) is 12.7. The lowest BCUT2D eigenvalue weighted by Gasteiger charge is -2.05. The van der Waals surface area contributed by atoms with E-state index in [2.05, 4.69) is 11.4 Å². The number of anilines is 1. The van der Waals surface area contributed by atoms with Crippen molar-refractivity contribution >= 4 is 23.0 Å². The summed E-state index contributed by atoms with van der Waals surface area (Å²) in [5.41, 5.74) is 1.33. The number of rotatable bonds is 4. The maximum Gasteiger partial charge on any atom is 0.345 e. The summed E-state index contributed by atoms with van der Waals surface area (Å²) >= 11 is 1.23. The molecule has 0 amide bonds. The number of carbonyl (C=O) groups is 1. The predicted octanol–water partition coefficient (Wildman–Crippen LogP) is 2.93. The highest BCUT2D eigenvalue weighted by Gasteiger charge is 2.07. The first-order valence-corrected chi connectivity index (χ1v) is 6.07. The molecular weight excluding hydrogens is 248 g/mol. The van der Waals surface area contributed by atoms with E-state index in [4.69, 9.17) is 10.4 Å². The number of carboxylic acid groups (broad SMARTS) is 1. The van der Waals surface area contributed by atoms with Crippen molar-refractivity contribution in [3.05, 3.63) is 51.7 Å².